The van der Waals surface area contributed by atoms with Gasteiger partial charge in [-0.3, -0.25) is 28.2 Å². The van der Waals surface area contributed by atoms with Gasteiger partial charge in [-0.25, -0.2) is 20.7 Å². The number of aryl methyl sites for hydroxylation is 1. The van der Waals surface area contributed by atoms with Gasteiger partial charge in [0.05, 0.1) is 13.7 Å². The molecule has 1 aliphatic heterocycles. The van der Waals surface area contributed by atoms with Crippen LogP contribution in [0.25, 0.3) is 4.85 Å². The highest BCUT2D eigenvalue weighted by atomic mass is 33.1. The number of nitrogens with one attached hydrogen (secondary N) is 1. The van der Waals surface area contributed by atoms with Crippen LogP contribution in [0.4, 0.5) is 0 Å². The Bertz CT molecular complexity index is 1140. The van der Waals surface area contributed by atoms with Crippen LogP contribution in [-0.4, -0.2) is 81.4 Å². The zero-order chi connectivity index (χ0) is 27.8. The fourth-order valence-electron chi connectivity index (χ4n) is 3.20. The number of nitrogens with zero attached hydrogens (tertiary/aromatic N) is 2. The second-order valence-electron chi connectivity index (χ2n) is 8.28. The molecule has 0 amide bonds. The average molecular weight is 584 g/mol. The molecular formula is C20H30N3O11PS2. The summed E-state index contributed by atoms with van der Waals surface area (Å²) in [6, 6.07) is 0. The number of carbonyl (C=O) groups excluding carboxylic acids is 1. The minimum absolute atomic E-state index is 0.146. The molecule has 0 radical (unpaired) electrons. The normalized spacial score (nSPS) is 22.8. The second-order valence-corrected chi connectivity index (χ2v) is 12.6. The predicted molar refractivity (Wildman–Crippen MR) is 135 cm³/mol. The van der Waals surface area contributed by atoms with E-state index in [1.807, 2.05) is 13.8 Å². The van der Waals surface area contributed by atoms with Crippen molar-refractivity contribution in [3.8, 4) is 0 Å². The SMILES string of the molecule is [C-]#[N+]C(COCSSC(C)C)(COP(=O)(O)OC1C[C@H](n2cc(C)c(=O)[nH]c2=O)O[C@@H]1CO)C(=O)OC. The summed E-state index contributed by atoms with van der Waals surface area (Å²) < 4.78 is 39.6. The summed E-state index contributed by atoms with van der Waals surface area (Å²) in [5, 5.41) is 9.99. The van der Waals surface area contributed by atoms with Gasteiger partial charge in [0.15, 0.2) is 6.61 Å². The quantitative estimate of drug-likeness (QED) is 0.0711. The third-order valence-corrected chi connectivity index (χ3v) is 8.69. The summed E-state index contributed by atoms with van der Waals surface area (Å²) in [6.07, 6.45) is -2.22. The molecule has 14 nitrogen and oxygen atoms in total. The second kappa shape index (κ2) is 13.9. The molecular weight excluding hydrogens is 553 g/mol. The molecule has 3 N–H and O–H groups in total. The van der Waals surface area contributed by atoms with Crippen LogP contribution in [0.2, 0.25) is 0 Å². The van der Waals surface area contributed by atoms with Crippen LogP contribution < -0.4 is 11.2 Å². The molecule has 208 valence electrons. The monoisotopic (exact) mass is 583 g/mol. The van der Waals surface area contributed by atoms with E-state index in [9.17, 15) is 28.9 Å². The number of methoxy groups -OCH3 is 1. The average Bonchev–Trinajstić information content (AvgIpc) is 3.24. The topological polar surface area (TPSA) is 180 Å². The molecule has 0 saturated carbocycles. The first kappa shape index (κ1) is 31.5. The Morgan fingerprint density at radius 2 is 2.14 bits per heavy atom. The molecule has 0 aliphatic carbocycles. The number of aliphatic hydroxyl groups is 1. The van der Waals surface area contributed by atoms with Crippen molar-refractivity contribution in [3.63, 3.8) is 0 Å². The summed E-state index contributed by atoms with van der Waals surface area (Å²) in [5.41, 5.74) is -3.18. The molecule has 2 rings (SSSR count). The molecule has 0 bridgehead atoms. The lowest BCUT2D eigenvalue weighted by atomic mass is 10.0. The van der Waals surface area contributed by atoms with Crippen molar-refractivity contribution in [1.82, 2.24) is 9.55 Å². The van der Waals surface area contributed by atoms with Crippen LogP contribution in [0.3, 0.4) is 0 Å². The lowest BCUT2D eigenvalue weighted by Gasteiger charge is -2.23. The molecule has 5 atom stereocenters. The van der Waals surface area contributed by atoms with Gasteiger partial charge in [0.1, 0.15) is 31.0 Å². The summed E-state index contributed by atoms with van der Waals surface area (Å²) in [6.45, 7) is 11.0. The van der Waals surface area contributed by atoms with Gasteiger partial charge in [-0.1, -0.05) is 35.4 Å². The van der Waals surface area contributed by atoms with Crippen molar-refractivity contribution >= 4 is 35.4 Å². The van der Waals surface area contributed by atoms with E-state index in [1.54, 1.807) is 0 Å². The van der Waals surface area contributed by atoms with Crippen molar-refractivity contribution < 1.29 is 42.6 Å². The summed E-state index contributed by atoms with van der Waals surface area (Å²) >= 11 is 0. The number of ether oxygens (including phenoxy) is 3. The van der Waals surface area contributed by atoms with Gasteiger partial charge in [0.2, 0.25) is 0 Å². The summed E-state index contributed by atoms with van der Waals surface area (Å²) in [4.78, 5) is 51.8. The van der Waals surface area contributed by atoms with Crippen LogP contribution in [0, 0.1) is 13.5 Å². The number of hydrogen-bond donors (Lipinski definition) is 3. The molecule has 1 aliphatic rings. The van der Waals surface area contributed by atoms with Crippen LogP contribution >= 0.6 is 29.4 Å². The standard InChI is InChI=1S/C20H30N3O11PS2/c1-12(2)37-36-11-31-9-20(21-4,18(26)30-5)10-32-35(28,29)34-14-6-16(33-15(14)8-24)23-7-13(3)17(25)22-19(23)27/h7,12,14-16,24H,6,8-11H2,1-3,5H3,(H,28,29)(H,22,25,27)/t14?,15-,16-,20?/m1/s1. The number of esters is 1. The Labute approximate surface area is 220 Å². The van der Waals surface area contributed by atoms with Crippen molar-refractivity contribution in [2.24, 2.45) is 0 Å². The molecule has 1 aromatic heterocycles. The third kappa shape index (κ3) is 8.67. The number of phosphoric ester groups is 1. The Kier molecular flexibility index (Phi) is 11.9. The van der Waals surface area contributed by atoms with Crippen molar-refractivity contribution in [3.05, 3.63) is 44.0 Å². The van der Waals surface area contributed by atoms with Crippen molar-refractivity contribution in [2.45, 2.75) is 56.4 Å². The highest BCUT2D eigenvalue weighted by molar-refractivity contribution is 8.76. The molecule has 37 heavy (non-hydrogen) atoms. The van der Waals surface area contributed by atoms with E-state index in [0.29, 0.717) is 5.25 Å². The third-order valence-electron chi connectivity index (χ3n) is 5.06. The molecule has 17 heteroatoms. The van der Waals surface area contributed by atoms with E-state index in [-0.39, 0.29) is 17.9 Å². The number of carbonyl (C=O) groups is 1. The molecule has 1 saturated heterocycles. The van der Waals surface area contributed by atoms with E-state index < -0.39 is 68.8 Å². The van der Waals surface area contributed by atoms with E-state index in [1.165, 1.54) is 34.7 Å². The Hall–Kier alpha value is -1.67. The van der Waals surface area contributed by atoms with Gasteiger partial charge in [0, 0.05) is 23.4 Å². The van der Waals surface area contributed by atoms with Gasteiger partial charge in [-0.2, -0.15) is 0 Å². The van der Waals surface area contributed by atoms with E-state index >= 15 is 0 Å². The number of aliphatic hydroxyl groups excluding tert-OH is 1. The van der Waals surface area contributed by atoms with Gasteiger partial charge in [-0.05, 0) is 6.92 Å². The Morgan fingerprint density at radius 1 is 1.43 bits per heavy atom. The summed E-state index contributed by atoms with van der Waals surface area (Å²) in [5.74, 6) is -0.873. The predicted octanol–water partition coefficient (Wildman–Crippen LogP) is 1.22. The maximum Gasteiger partial charge on any atom is 0.472 e. The maximum absolute atomic E-state index is 12.7. The summed E-state index contributed by atoms with van der Waals surface area (Å²) in [7, 11) is -0.949. The van der Waals surface area contributed by atoms with Crippen LogP contribution in [-0.2, 0) is 32.6 Å². The van der Waals surface area contributed by atoms with E-state index in [0.717, 1.165) is 11.7 Å². The molecule has 1 aromatic rings. The number of aromatic nitrogens is 2. The lowest BCUT2D eigenvalue weighted by Crippen LogP contribution is -2.45. The van der Waals surface area contributed by atoms with E-state index in [2.05, 4.69) is 14.6 Å². The van der Waals surface area contributed by atoms with E-state index in [4.69, 9.17) is 25.1 Å². The van der Waals surface area contributed by atoms with Gasteiger partial charge >= 0.3 is 25.0 Å². The zero-order valence-electron chi connectivity index (χ0n) is 20.6. The van der Waals surface area contributed by atoms with Gasteiger partial charge in [-0.15, -0.1) is 0 Å². The first-order chi connectivity index (χ1) is 17.4. The first-order valence-corrected chi connectivity index (χ1v) is 14.8. The molecule has 3 unspecified atom stereocenters. The molecule has 2 heterocycles. The van der Waals surface area contributed by atoms with Gasteiger partial charge < -0.3 is 24.2 Å². The highest BCUT2D eigenvalue weighted by Crippen LogP contribution is 2.49. The van der Waals surface area contributed by atoms with Crippen LogP contribution in [0.1, 0.15) is 32.1 Å². The maximum atomic E-state index is 12.7. The van der Waals surface area contributed by atoms with Gasteiger partial charge in [0.25, 0.3) is 5.56 Å². The largest absolute Gasteiger partial charge is 0.472 e. The fraction of sp³-hybridized carbons (Fsp3) is 0.700. The number of rotatable bonds is 14. The number of hydrogen-bond acceptors (Lipinski definition) is 12. The first-order valence-electron chi connectivity index (χ1n) is 10.9. The molecule has 1 fully saturated rings. The van der Waals surface area contributed by atoms with Crippen molar-refractivity contribution in [2.75, 3.05) is 32.9 Å². The molecule has 0 spiro atoms. The number of phosphoric acid groups is 1. The number of aromatic amines is 1. The smallest absolute Gasteiger partial charge is 0.463 e. The lowest BCUT2D eigenvalue weighted by molar-refractivity contribution is -0.148. The van der Waals surface area contributed by atoms with Crippen LogP contribution in [0.15, 0.2) is 15.8 Å². The zero-order valence-corrected chi connectivity index (χ0v) is 23.2. The van der Waals surface area contributed by atoms with Crippen molar-refractivity contribution in [1.29, 1.82) is 0 Å². The Morgan fingerprint density at radius 3 is 2.73 bits per heavy atom. The highest BCUT2D eigenvalue weighted by Gasteiger charge is 2.51. The fourth-order valence-corrected chi connectivity index (χ4v) is 5.87. The van der Waals surface area contributed by atoms with Crippen LogP contribution in [0.5, 0.6) is 0 Å². The minimum atomic E-state index is -4.91. The minimum Gasteiger partial charge on any atom is -0.463 e. The Balaban J connectivity index is 2.09. The molecule has 0 aromatic carbocycles. The number of H-pyrrole nitrogens is 1.